The van der Waals surface area contributed by atoms with Crippen molar-refractivity contribution in [2.24, 2.45) is 11.7 Å². The Morgan fingerprint density at radius 1 is 1.29 bits per heavy atom. The lowest BCUT2D eigenvalue weighted by atomic mass is 9.90. The second kappa shape index (κ2) is 7.14. The highest BCUT2D eigenvalue weighted by Crippen LogP contribution is 2.36. The number of hydrogen-bond donors (Lipinski definition) is 1. The van der Waals surface area contributed by atoms with Gasteiger partial charge in [0, 0.05) is 18.2 Å². The van der Waals surface area contributed by atoms with Crippen LogP contribution in [0.4, 0.5) is 0 Å². The first-order chi connectivity index (χ1) is 10.1. The number of benzene rings is 1. The maximum absolute atomic E-state index is 6.11. The van der Waals surface area contributed by atoms with Crippen molar-refractivity contribution < 1.29 is 9.47 Å². The average Bonchev–Trinajstić information content (AvgIpc) is 2.49. The molecule has 1 saturated heterocycles. The Morgan fingerprint density at radius 2 is 2.05 bits per heavy atom. The molecular formula is C17H28N2O2. The van der Waals surface area contributed by atoms with E-state index in [0.29, 0.717) is 12.6 Å². The van der Waals surface area contributed by atoms with E-state index < -0.39 is 0 Å². The molecule has 0 aromatic heterocycles. The van der Waals surface area contributed by atoms with E-state index in [2.05, 4.69) is 24.8 Å². The summed E-state index contributed by atoms with van der Waals surface area (Å²) in [6, 6.07) is 6.67. The molecule has 3 unspecified atom stereocenters. The van der Waals surface area contributed by atoms with Crippen molar-refractivity contribution in [3.05, 3.63) is 23.8 Å². The van der Waals surface area contributed by atoms with Crippen molar-refractivity contribution in [1.29, 1.82) is 0 Å². The van der Waals surface area contributed by atoms with E-state index in [1.165, 1.54) is 12.8 Å². The van der Waals surface area contributed by atoms with Crippen LogP contribution in [0.1, 0.15) is 38.3 Å². The first-order valence-electron chi connectivity index (χ1n) is 7.78. The highest BCUT2D eigenvalue weighted by atomic mass is 16.5. The fraction of sp³-hybridized carbons (Fsp3) is 0.647. The molecule has 1 aliphatic heterocycles. The molecule has 0 aliphatic carbocycles. The monoisotopic (exact) mass is 292 g/mol. The summed E-state index contributed by atoms with van der Waals surface area (Å²) in [7, 11) is 3.40. The first kappa shape index (κ1) is 16.1. The average molecular weight is 292 g/mol. The summed E-state index contributed by atoms with van der Waals surface area (Å²) < 4.78 is 10.9. The minimum atomic E-state index is 0.178. The summed E-state index contributed by atoms with van der Waals surface area (Å²) in [4.78, 5) is 2.51. The summed E-state index contributed by atoms with van der Waals surface area (Å²) in [6.45, 7) is 6.30. The van der Waals surface area contributed by atoms with E-state index in [1.54, 1.807) is 14.2 Å². The van der Waals surface area contributed by atoms with Crippen molar-refractivity contribution >= 4 is 0 Å². The summed E-state index contributed by atoms with van der Waals surface area (Å²) >= 11 is 0. The van der Waals surface area contributed by atoms with Gasteiger partial charge in [0.2, 0.25) is 0 Å². The van der Waals surface area contributed by atoms with Crippen molar-refractivity contribution in [2.45, 2.75) is 38.8 Å². The van der Waals surface area contributed by atoms with Crippen molar-refractivity contribution in [3.63, 3.8) is 0 Å². The minimum Gasteiger partial charge on any atom is -0.497 e. The van der Waals surface area contributed by atoms with E-state index in [1.807, 2.05) is 12.1 Å². The first-order valence-corrected chi connectivity index (χ1v) is 7.78. The Kier molecular flexibility index (Phi) is 5.48. The predicted molar refractivity (Wildman–Crippen MR) is 85.9 cm³/mol. The number of methoxy groups -OCH3 is 2. The number of hydrogen-bond acceptors (Lipinski definition) is 4. The molecule has 3 atom stereocenters. The topological polar surface area (TPSA) is 47.7 Å². The van der Waals surface area contributed by atoms with Crippen LogP contribution in [0, 0.1) is 5.92 Å². The fourth-order valence-corrected chi connectivity index (χ4v) is 3.43. The van der Waals surface area contributed by atoms with Crippen LogP contribution < -0.4 is 15.2 Å². The lowest BCUT2D eigenvalue weighted by molar-refractivity contribution is 0.0834. The third-order valence-corrected chi connectivity index (χ3v) is 4.61. The van der Waals surface area contributed by atoms with Crippen molar-refractivity contribution in [3.8, 4) is 11.5 Å². The second-order valence-electron chi connectivity index (χ2n) is 6.08. The Morgan fingerprint density at radius 3 is 2.62 bits per heavy atom. The molecule has 1 aromatic carbocycles. The molecule has 2 rings (SSSR count). The standard InChI is InChI=1S/C17H28N2O2/c1-12-7-8-19(13(2)9-12)16(11-18)15-10-14(20-3)5-6-17(15)21-4/h5-6,10,12-13,16H,7-9,11,18H2,1-4H3. The van der Waals surface area contributed by atoms with Gasteiger partial charge < -0.3 is 15.2 Å². The van der Waals surface area contributed by atoms with Gasteiger partial charge in [0.25, 0.3) is 0 Å². The molecule has 1 heterocycles. The van der Waals surface area contributed by atoms with Crippen LogP contribution >= 0.6 is 0 Å². The number of likely N-dealkylation sites (tertiary alicyclic amines) is 1. The third kappa shape index (κ3) is 3.50. The van der Waals surface area contributed by atoms with Crippen molar-refractivity contribution in [2.75, 3.05) is 27.3 Å². The maximum Gasteiger partial charge on any atom is 0.123 e. The lowest BCUT2D eigenvalue weighted by Gasteiger charge is -2.42. The lowest BCUT2D eigenvalue weighted by Crippen LogP contribution is -2.45. The van der Waals surface area contributed by atoms with E-state index in [4.69, 9.17) is 15.2 Å². The third-order valence-electron chi connectivity index (χ3n) is 4.61. The number of nitrogens with zero attached hydrogens (tertiary/aromatic N) is 1. The molecule has 2 N–H and O–H groups in total. The van der Waals surface area contributed by atoms with Crippen LogP contribution in [0.2, 0.25) is 0 Å². The van der Waals surface area contributed by atoms with Gasteiger partial charge in [-0.05, 0) is 50.4 Å². The zero-order valence-electron chi connectivity index (χ0n) is 13.6. The number of ether oxygens (including phenoxy) is 2. The number of nitrogens with two attached hydrogens (primary N) is 1. The molecule has 1 aliphatic rings. The largest absolute Gasteiger partial charge is 0.497 e. The van der Waals surface area contributed by atoms with Gasteiger partial charge in [-0.2, -0.15) is 0 Å². The number of rotatable bonds is 5. The molecule has 21 heavy (non-hydrogen) atoms. The summed E-state index contributed by atoms with van der Waals surface area (Å²) in [6.07, 6.45) is 2.45. The van der Waals surface area contributed by atoms with Gasteiger partial charge in [0.1, 0.15) is 11.5 Å². The smallest absolute Gasteiger partial charge is 0.123 e. The molecule has 0 radical (unpaired) electrons. The van der Waals surface area contributed by atoms with Gasteiger partial charge in [0.15, 0.2) is 0 Å². The molecule has 0 bridgehead atoms. The van der Waals surface area contributed by atoms with Gasteiger partial charge >= 0.3 is 0 Å². The van der Waals surface area contributed by atoms with E-state index in [0.717, 1.165) is 29.5 Å². The molecule has 1 aromatic rings. The fourth-order valence-electron chi connectivity index (χ4n) is 3.43. The molecule has 4 heteroatoms. The SMILES string of the molecule is COc1ccc(OC)c(C(CN)N2CCC(C)CC2C)c1. The van der Waals surface area contributed by atoms with E-state index in [9.17, 15) is 0 Å². The zero-order chi connectivity index (χ0) is 15.4. The molecule has 0 amide bonds. The Bertz CT molecular complexity index is 464. The normalized spacial score (nSPS) is 24.6. The molecule has 0 spiro atoms. The number of piperidine rings is 1. The molecular weight excluding hydrogens is 264 g/mol. The Labute approximate surface area is 128 Å². The van der Waals surface area contributed by atoms with Gasteiger partial charge in [-0.1, -0.05) is 6.92 Å². The molecule has 118 valence electrons. The van der Waals surface area contributed by atoms with Gasteiger partial charge in [-0.3, -0.25) is 4.90 Å². The zero-order valence-corrected chi connectivity index (χ0v) is 13.6. The van der Waals surface area contributed by atoms with Gasteiger partial charge in [0.05, 0.1) is 20.3 Å². The maximum atomic E-state index is 6.11. The van der Waals surface area contributed by atoms with Crippen LogP contribution in [0.5, 0.6) is 11.5 Å². The highest BCUT2D eigenvalue weighted by molar-refractivity contribution is 5.42. The summed E-state index contributed by atoms with van der Waals surface area (Å²) in [5.41, 5.74) is 7.24. The minimum absolute atomic E-state index is 0.178. The molecule has 0 saturated carbocycles. The predicted octanol–water partition coefficient (Wildman–Crippen LogP) is 2.82. The van der Waals surface area contributed by atoms with Crippen LogP contribution in [0.15, 0.2) is 18.2 Å². The van der Waals surface area contributed by atoms with E-state index in [-0.39, 0.29) is 6.04 Å². The highest BCUT2D eigenvalue weighted by Gasteiger charge is 2.30. The Balaban J connectivity index is 2.32. The molecule has 1 fully saturated rings. The van der Waals surface area contributed by atoms with Gasteiger partial charge in [-0.25, -0.2) is 0 Å². The van der Waals surface area contributed by atoms with Crippen LogP contribution in [0.25, 0.3) is 0 Å². The van der Waals surface area contributed by atoms with Gasteiger partial charge in [-0.15, -0.1) is 0 Å². The molecule has 4 nitrogen and oxygen atoms in total. The second-order valence-corrected chi connectivity index (χ2v) is 6.08. The van der Waals surface area contributed by atoms with Crippen molar-refractivity contribution in [1.82, 2.24) is 4.90 Å². The van der Waals surface area contributed by atoms with Crippen LogP contribution in [0.3, 0.4) is 0 Å². The summed E-state index contributed by atoms with van der Waals surface area (Å²) in [5.74, 6) is 2.53. The quantitative estimate of drug-likeness (QED) is 0.906. The van der Waals surface area contributed by atoms with Crippen LogP contribution in [-0.2, 0) is 0 Å². The summed E-state index contributed by atoms with van der Waals surface area (Å²) in [5, 5.41) is 0. The van der Waals surface area contributed by atoms with Crippen LogP contribution in [-0.4, -0.2) is 38.3 Å². The van der Waals surface area contributed by atoms with E-state index >= 15 is 0 Å². The Hall–Kier alpha value is -1.26.